The van der Waals surface area contributed by atoms with Crippen molar-refractivity contribution in [2.24, 2.45) is 0 Å². The Labute approximate surface area is 373 Å². The van der Waals surface area contributed by atoms with Crippen LogP contribution in [-0.4, -0.2) is 0 Å². The highest BCUT2D eigenvalue weighted by atomic mass is 32.1. The molecule has 0 radical (unpaired) electrons. The van der Waals surface area contributed by atoms with Crippen LogP contribution < -0.4 is 4.90 Å². The molecule has 13 aromatic rings. The second kappa shape index (κ2) is 14.7. The van der Waals surface area contributed by atoms with Crippen LogP contribution in [0, 0.1) is 0 Å². The quantitative estimate of drug-likeness (QED) is 0.160. The molecule has 0 aliphatic heterocycles. The van der Waals surface area contributed by atoms with Gasteiger partial charge in [0.1, 0.15) is 22.3 Å². The average Bonchev–Trinajstić information content (AvgIpc) is 4.06. The Morgan fingerprint density at radius 2 is 0.812 bits per heavy atom. The Hall–Kier alpha value is -8.18. The molecule has 3 heterocycles. The highest BCUT2D eigenvalue weighted by Crippen LogP contribution is 2.51. The van der Waals surface area contributed by atoms with Gasteiger partial charge in [0.05, 0.1) is 16.1 Å². The summed E-state index contributed by atoms with van der Waals surface area (Å²) in [7, 11) is 0. The molecule has 0 saturated carbocycles. The lowest BCUT2D eigenvalue weighted by atomic mass is 9.85. The van der Waals surface area contributed by atoms with Crippen LogP contribution in [0.15, 0.2) is 233 Å². The van der Waals surface area contributed by atoms with E-state index in [1.807, 2.05) is 23.5 Å². The number of para-hydroxylation sites is 3. The SMILES string of the molecule is c1ccc(-c2ccccc2N(c2ccc(-c3c(-c4ccc5oc6ccccc6c5c4-c4ccccc4)ccc4oc5ccccc5c34)cc2)c2cccc3c2sc2ccccc23)cc1. The van der Waals surface area contributed by atoms with Gasteiger partial charge in [0.2, 0.25) is 0 Å². The van der Waals surface area contributed by atoms with E-state index in [9.17, 15) is 0 Å². The van der Waals surface area contributed by atoms with Gasteiger partial charge < -0.3 is 13.7 Å². The second-order valence-electron chi connectivity index (χ2n) is 16.3. The molecule has 0 spiro atoms. The third-order valence-electron chi connectivity index (χ3n) is 12.7. The third-order valence-corrected chi connectivity index (χ3v) is 13.9. The predicted molar refractivity (Wildman–Crippen MR) is 270 cm³/mol. The number of fused-ring (bicyclic) bond motifs is 9. The highest BCUT2D eigenvalue weighted by Gasteiger charge is 2.25. The summed E-state index contributed by atoms with van der Waals surface area (Å²) in [5.41, 5.74) is 15.9. The topological polar surface area (TPSA) is 29.5 Å². The summed E-state index contributed by atoms with van der Waals surface area (Å²) in [4.78, 5) is 2.45. The van der Waals surface area contributed by atoms with Gasteiger partial charge in [-0.1, -0.05) is 158 Å². The minimum atomic E-state index is 0.856. The predicted octanol–water partition coefficient (Wildman–Crippen LogP) is 18.0. The zero-order valence-electron chi connectivity index (χ0n) is 34.5. The fraction of sp³-hybridized carbons (Fsp3) is 0. The van der Waals surface area contributed by atoms with E-state index in [1.54, 1.807) is 0 Å². The van der Waals surface area contributed by atoms with Gasteiger partial charge in [0, 0.05) is 59.4 Å². The molecule has 0 atom stereocenters. The van der Waals surface area contributed by atoms with E-state index in [-0.39, 0.29) is 0 Å². The van der Waals surface area contributed by atoms with Gasteiger partial charge in [-0.3, -0.25) is 0 Å². The number of anilines is 3. The fourth-order valence-electron chi connectivity index (χ4n) is 9.91. The molecule has 64 heavy (non-hydrogen) atoms. The number of thiophene rings is 1. The van der Waals surface area contributed by atoms with E-state index in [2.05, 4.69) is 217 Å². The monoisotopic (exact) mass is 835 g/mol. The first-order valence-electron chi connectivity index (χ1n) is 21.7. The summed E-state index contributed by atoms with van der Waals surface area (Å²) in [5.74, 6) is 0. The number of rotatable bonds is 7. The van der Waals surface area contributed by atoms with E-state index in [0.717, 1.165) is 99.9 Å². The molecule has 10 aromatic carbocycles. The molecule has 3 aromatic heterocycles. The molecule has 0 aliphatic rings. The minimum Gasteiger partial charge on any atom is -0.456 e. The molecule has 0 amide bonds. The van der Waals surface area contributed by atoms with Crippen LogP contribution in [0.25, 0.3) is 109 Å². The maximum Gasteiger partial charge on any atom is 0.136 e. The van der Waals surface area contributed by atoms with Crippen LogP contribution in [0.1, 0.15) is 0 Å². The van der Waals surface area contributed by atoms with Crippen LogP contribution in [0.5, 0.6) is 0 Å². The van der Waals surface area contributed by atoms with Crippen molar-refractivity contribution in [1.29, 1.82) is 0 Å². The maximum atomic E-state index is 6.61. The molecule has 0 N–H and O–H groups in total. The Kier molecular flexibility index (Phi) is 8.40. The molecule has 0 bridgehead atoms. The van der Waals surface area contributed by atoms with Gasteiger partial charge in [-0.15, -0.1) is 11.3 Å². The second-order valence-corrected chi connectivity index (χ2v) is 17.4. The summed E-state index contributed by atoms with van der Waals surface area (Å²) < 4.78 is 15.6. The Bertz CT molecular complexity index is 3900. The Morgan fingerprint density at radius 3 is 1.47 bits per heavy atom. The van der Waals surface area contributed by atoms with E-state index >= 15 is 0 Å². The zero-order chi connectivity index (χ0) is 42.1. The van der Waals surface area contributed by atoms with Gasteiger partial charge in [-0.25, -0.2) is 0 Å². The van der Waals surface area contributed by atoms with Gasteiger partial charge in [0.15, 0.2) is 0 Å². The lowest BCUT2D eigenvalue weighted by molar-refractivity contribution is 0.668. The van der Waals surface area contributed by atoms with Crippen molar-refractivity contribution in [1.82, 2.24) is 0 Å². The van der Waals surface area contributed by atoms with E-state index in [1.165, 1.54) is 25.7 Å². The fourth-order valence-corrected chi connectivity index (χ4v) is 11.1. The molecular weight excluding hydrogens is 799 g/mol. The van der Waals surface area contributed by atoms with Crippen LogP contribution in [0.4, 0.5) is 17.1 Å². The van der Waals surface area contributed by atoms with Gasteiger partial charge in [-0.05, 0) is 94.5 Å². The third kappa shape index (κ3) is 5.73. The molecular formula is C60H37NO2S. The number of benzene rings is 10. The number of hydrogen-bond donors (Lipinski definition) is 0. The van der Waals surface area contributed by atoms with Crippen LogP contribution in [-0.2, 0) is 0 Å². The van der Waals surface area contributed by atoms with Crippen LogP contribution in [0.3, 0.4) is 0 Å². The van der Waals surface area contributed by atoms with Crippen molar-refractivity contribution in [2.45, 2.75) is 0 Å². The average molecular weight is 836 g/mol. The van der Waals surface area contributed by atoms with Gasteiger partial charge >= 0.3 is 0 Å². The molecule has 0 fully saturated rings. The van der Waals surface area contributed by atoms with Crippen LogP contribution in [0.2, 0.25) is 0 Å². The first-order valence-corrected chi connectivity index (χ1v) is 22.5. The summed E-state index contributed by atoms with van der Waals surface area (Å²) in [6.07, 6.45) is 0. The highest BCUT2D eigenvalue weighted by molar-refractivity contribution is 7.26. The van der Waals surface area contributed by atoms with Crippen molar-refractivity contribution >= 4 is 92.4 Å². The normalized spacial score (nSPS) is 11.8. The summed E-state index contributed by atoms with van der Waals surface area (Å²) in [5, 5.41) is 6.93. The zero-order valence-corrected chi connectivity index (χ0v) is 35.4. The Morgan fingerprint density at radius 1 is 0.312 bits per heavy atom. The summed E-state index contributed by atoms with van der Waals surface area (Å²) >= 11 is 1.85. The maximum absolute atomic E-state index is 6.61. The molecule has 0 saturated heterocycles. The molecule has 13 rings (SSSR count). The number of nitrogens with zero attached hydrogens (tertiary/aromatic N) is 1. The smallest absolute Gasteiger partial charge is 0.136 e. The van der Waals surface area contributed by atoms with E-state index < -0.39 is 0 Å². The van der Waals surface area contributed by atoms with Crippen molar-refractivity contribution in [3.8, 4) is 44.5 Å². The lowest BCUT2D eigenvalue weighted by Crippen LogP contribution is -2.11. The van der Waals surface area contributed by atoms with Crippen LogP contribution >= 0.6 is 11.3 Å². The van der Waals surface area contributed by atoms with Gasteiger partial charge in [-0.2, -0.15) is 0 Å². The first kappa shape index (κ1) is 36.5. The number of furan rings is 2. The lowest BCUT2D eigenvalue weighted by Gasteiger charge is -2.28. The van der Waals surface area contributed by atoms with Crippen molar-refractivity contribution < 1.29 is 8.83 Å². The Balaban J connectivity index is 1.07. The first-order chi connectivity index (χ1) is 31.8. The van der Waals surface area contributed by atoms with E-state index in [0.29, 0.717) is 0 Å². The molecule has 300 valence electrons. The van der Waals surface area contributed by atoms with Crippen molar-refractivity contribution in [3.63, 3.8) is 0 Å². The minimum absolute atomic E-state index is 0.856. The molecule has 4 heteroatoms. The standard InChI is InChI=1S/C60H37NO2S/c1-3-16-38(17-4-1)42-20-7-11-25-49(42)61(50-26-15-24-46-43-21-10-14-29-55(43)64-60(46)50)41-32-30-40(31-33-41)57-45(35-37-54-59(57)48-23-9-13-28-52(48)63-54)44-34-36-53-58(47-22-8-12-27-51(47)62-53)56(44)39-18-5-2-6-19-39/h1-37H. The summed E-state index contributed by atoms with van der Waals surface area (Å²) in [6.45, 7) is 0. The summed E-state index contributed by atoms with van der Waals surface area (Å²) in [6, 6.07) is 80.4. The molecule has 0 unspecified atom stereocenters. The van der Waals surface area contributed by atoms with Crippen molar-refractivity contribution in [3.05, 3.63) is 224 Å². The molecule has 0 aliphatic carbocycles. The van der Waals surface area contributed by atoms with Gasteiger partial charge in [0.25, 0.3) is 0 Å². The number of hydrogen-bond acceptors (Lipinski definition) is 4. The van der Waals surface area contributed by atoms with E-state index in [4.69, 9.17) is 8.83 Å². The largest absolute Gasteiger partial charge is 0.456 e. The molecule has 3 nitrogen and oxygen atoms in total. The van der Waals surface area contributed by atoms with Crippen molar-refractivity contribution in [2.75, 3.05) is 4.90 Å².